The SMILES string of the molecule is [B]c1cc(N=C(N)c2nonc2NCc2ccc(CN3CCOCC3)cc2)ccc1F. The Labute approximate surface area is 180 Å². The fraction of sp³-hybridized carbons (Fsp3) is 0.286. The van der Waals surface area contributed by atoms with Crippen LogP contribution in [0.25, 0.3) is 0 Å². The van der Waals surface area contributed by atoms with Gasteiger partial charge in [-0.15, -0.1) is 0 Å². The molecule has 1 fully saturated rings. The fourth-order valence-electron chi connectivity index (χ4n) is 3.23. The van der Waals surface area contributed by atoms with Crippen LogP contribution >= 0.6 is 0 Å². The minimum absolute atomic E-state index is 0.0113. The standard InChI is InChI=1S/C21H22BFN6O2/c22-17-11-16(5-6-18(17)23)26-20(24)19-21(28-31-27-19)25-12-14-1-3-15(4-2-14)13-29-7-9-30-10-8-29/h1-6,11H,7-10,12-13H2,(H2,24,26)(H,25,28). The molecular formula is C21H22BFN6O2. The first-order chi connectivity index (χ1) is 15.1. The topological polar surface area (TPSA) is 102 Å². The molecule has 2 aromatic carbocycles. The average Bonchev–Trinajstić information content (AvgIpc) is 3.25. The molecule has 0 atom stereocenters. The number of amidine groups is 1. The molecule has 0 bridgehead atoms. The van der Waals surface area contributed by atoms with Crippen molar-refractivity contribution in [2.24, 2.45) is 10.7 Å². The van der Waals surface area contributed by atoms with Crippen LogP contribution in [0.2, 0.25) is 0 Å². The lowest BCUT2D eigenvalue weighted by Gasteiger charge is -2.26. The first kappa shape index (κ1) is 21.0. The number of ether oxygens (including phenoxy) is 1. The van der Waals surface area contributed by atoms with Crippen molar-refractivity contribution in [1.29, 1.82) is 0 Å². The zero-order valence-electron chi connectivity index (χ0n) is 16.9. The minimum Gasteiger partial charge on any atom is -0.382 e. The summed E-state index contributed by atoms with van der Waals surface area (Å²) < 4.78 is 23.5. The van der Waals surface area contributed by atoms with E-state index in [1.807, 2.05) is 0 Å². The molecule has 3 aromatic rings. The molecule has 0 spiro atoms. The van der Waals surface area contributed by atoms with E-state index >= 15 is 0 Å². The Morgan fingerprint density at radius 1 is 1.13 bits per heavy atom. The third kappa shape index (κ3) is 5.47. The van der Waals surface area contributed by atoms with Gasteiger partial charge in [-0.1, -0.05) is 29.7 Å². The van der Waals surface area contributed by atoms with Crippen LogP contribution in [0, 0.1) is 5.82 Å². The number of morpholine rings is 1. The molecule has 8 nitrogen and oxygen atoms in total. The summed E-state index contributed by atoms with van der Waals surface area (Å²) in [5.41, 5.74) is 9.03. The van der Waals surface area contributed by atoms with E-state index in [1.165, 1.54) is 23.8 Å². The summed E-state index contributed by atoms with van der Waals surface area (Å²) in [5, 5.41) is 10.8. The Balaban J connectivity index is 1.38. The van der Waals surface area contributed by atoms with Gasteiger partial charge in [-0.05, 0) is 39.6 Å². The van der Waals surface area contributed by atoms with Gasteiger partial charge in [-0.3, -0.25) is 4.90 Å². The van der Waals surface area contributed by atoms with Gasteiger partial charge in [0.1, 0.15) is 13.7 Å². The minimum atomic E-state index is -0.515. The maximum atomic E-state index is 13.3. The van der Waals surface area contributed by atoms with E-state index in [4.69, 9.17) is 22.9 Å². The predicted molar refractivity (Wildman–Crippen MR) is 116 cm³/mol. The van der Waals surface area contributed by atoms with Crippen LogP contribution in [0.15, 0.2) is 52.1 Å². The van der Waals surface area contributed by atoms with Crippen LogP contribution in [0.3, 0.4) is 0 Å². The zero-order chi connectivity index (χ0) is 21.6. The van der Waals surface area contributed by atoms with Gasteiger partial charge >= 0.3 is 0 Å². The van der Waals surface area contributed by atoms with E-state index in [1.54, 1.807) is 0 Å². The molecule has 0 aliphatic carbocycles. The first-order valence-corrected chi connectivity index (χ1v) is 9.92. The van der Waals surface area contributed by atoms with Crippen LogP contribution in [0.5, 0.6) is 0 Å². The molecule has 31 heavy (non-hydrogen) atoms. The van der Waals surface area contributed by atoms with E-state index < -0.39 is 5.82 Å². The van der Waals surface area contributed by atoms with E-state index in [-0.39, 0.29) is 17.0 Å². The normalized spacial score (nSPS) is 15.2. The lowest BCUT2D eigenvalue weighted by Crippen LogP contribution is -2.35. The highest BCUT2D eigenvalue weighted by atomic mass is 19.1. The molecular weight excluding hydrogens is 398 g/mol. The molecule has 3 N–H and O–H groups in total. The summed E-state index contributed by atoms with van der Waals surface area (Å²) in [6.07, 6.45) is 0. The van der Waals surface area contributed by atoms with E-state index in [2.05, 4.69) is 49.8 Å². The summed E-state index contributed by atoms with van der Waals surface area (Å²) in [4.78, 5) is 6.59. The number of hydrogen-bond donors (Lipinski definition) is 2. The van der Waals surface area contributed by atoms with Crippen molar-refractivity contribution in [3.8, 4) is 0 Å². The predicted octanol–water partition coefficient (Wildman–Crippen LogP) is 1.48. The summed E-state index contributed by atoms with van der Waals surface area (Å²) >= 11 is 0. The number of nitrogens with zero attached hydrogens (tertiary/aromatic N) is 4. The molecule has 4 rings (SSSR count). The Morgan fingerprint density at radius 3 is 2.61 bits per heavy atom. The highest BCUT2D eigenvalue weighted by Crippen LogP contribution is 2.16. The van der Waals surface area contributed by atoms with Crippen molar-refractivity contribution >= 4 is 30.6 Å². The van der Waals surface area contributed by atoms with Crippen molar-refractivity contribution in [2.45, 2.75) is 13.1 Å². The zero-order valence-corrected chi connectivity index (χ0v) is 16.9. The quantitative estimate of drug-likeness (QED) is 0.339. The summed E-state index contributed by atoms with van der Waals surface area (Å²) in [5.74, 6) is -0.0664. The van der Waals surface area contributed by atoms with Crippen LogP contribution in [-0.2, 0) is 17.8 Å². The Bertz CT molecular complexity index is 1050. The lowest BCUT2D eigenvalue weighted by molar-refractivity contribution is 0.0342. The number of halogens is 1. The number of anilines is 1. The van der Waals surface area contributed by atoms with Gasteiger partial charge in [-0.2, -0.15) is 0 Å². The largest absolute Gasteiger partial charge is 0.382 e. The van der Waals surface area contributed by atoms with Crippen LogP contribution in [-0.4, -0.2) is 55.2 Å². The second-order valence-corrected chi connectivity index (χ2v) is 7.22. The summed E-state index contributed by atoms with van der Waals surface area (Å²) in [6, 6.07) is 12.4. The highest BCUT2D eigenvalue weighted by molar-refractivity contribution is 6.32. The van der Waals surface area contributed by atoms with E-state index in [0.29, 0.717) is 18.1 Å². The van der Waals surface area contributed by atoms with Crippen molar-refractivity contribution in [3.05, 3.63) is 65.1 Å². The van der Waals surface area contributed by atoms with Gasteiger partial charge in [0.25, 0.3) is 0 Å². The van der Waals surface area contributed by atoms with Gasteiger partial charge in [-0.25, -0.2) is 14.0 Å². The van der Waals surface area contributed by atoms with Crippen molar-refractivity contribution in [2.75, 3.05) is 31.6 Å². The number of aliphatic imine (C=N–C) groups is 1. The maximum Gasteiger partial charge on any atom is 0.202 e. The third-order valence-electron chi connectivity index (χ3n) is 4.95. The summed E-state index contributed by atoms with van der Waals surface area (Å²) in [6.45, 7) is 4.91. The van der Waals surface area contributed by atoms with Gasteiger partial charge in [0.2, 0.25) is 5.82 Å². The van der Waals surface area contributed by atoms with Crippen LogP contribution in [0.1, 0.15) is 16.8 Å². The fourth-order valence-corrected chi connectivity index (χ4v) is 3.23. The number of aromatic nitrogens is 2. The molecule has 1 aliphatic heterocycles. The monoisotopic (exact) mass is 420 g/mol. The molecule has 1 saturated heterocycles. The van der Waals surface area contributed by atoms with Gasteiger partial charge < -0.3 is 15.8 Å². The second kappa shape index (κ2) is 9.72. The molecule has 10 heteroatoms. The second-order valence-electron chi connectivity index (χ2n) is 7.22. The molecule has 0 saturated carbocycles. The van der Waals surface area contributed by atoms with Crippen molar-refractivity contribution in [1.82, 2.24) is 15.2 Å². The van der Waals surface area contributed by atoms with Crippen molar-refractivity contribution in [3.63, 3.8) is 0 Å². The van der Waals surface area contributed by atoms with Gasteiger partial charge in [0.15, 0.2) is 11.5 Å². The Hall–Kier alpha value is -3.24. The number of benzene rings is 2. The average molecular weight is 420 g/mol. The van der Waals surface area contributed by atoms with E-state index in [9.17, 15) is 4.39 Å². The molecule has 2 radical (unpaired) electrons. The van der Waals surface area contributed by atoms with Crippen molar-refractivity contribution < 1.29 is 13.8 Å². The summed E-state index contributed by atoms with van der Waals surface area (Å²) in [7, 11) is 5.57. The number of hydrogen-bond acceptors (Lipinski definition) is 7. The maximum absolute atomic E-state index is 13.3. The number of rotatable bonds is 7. The Morgan fingerprint density at radius 2 is 1.87 bits per heavy atom. The molecule has 1 aromatic heterocycles. The van der Waals surface area contributed by atoms with Crippen LogP contribution < -0.4 is 16.5 Å². The molecule has 158 valence electrons. The first-order valence-electron chi connectivity index (χ1n) is 9.92. The molecule has 0 amide bonds. The Kier molecular flexibility index (Phi) is 6.59. The van der Waals surface area contributed by atoms with E-state index in [0.717, 1.165) is 38.4 Å². The molecule has 0 unspecified atom stereocenters. The van der Waals surface area contributed by atoms with Gasteiger partial charge in [0.05, 0.1) is 18.9 Å². The van der Waals surface area contributed by atoms with Gasteiger partial charge in [0, 0.05) is 26.2 Å². The lowest BCUT2D eigenvalue weighted by atomic mass is 9.95. The third-order valence-corrected chi connectivity index (χ3v) is 4.95. The molecule has 1 aliphatic rings. The molecule has 2 heterocycles. The van der Waals surface area contributed by atoms with Crippen LogP contribution in [0.4, 0.5) is 15.9 Å². The highest BCUT2D eigenvalue weighted by Gasteiger charge is 2.15. The number of nitrogens with two attached hydrogens (primary N) is 1. The smallest absolute Gasteiger partial charge is 0.202 e. The number of nitrogens with one attached hydrogen (secondary N) is 1.